The molecule has 6 nitrogen and oxygen atoms in total. The molecule has 314 valence electrons. The lowest BCUT2D eigenvalue weighted by Gasteiger charge is -2.18. The normalized spacial score (nSPS) is 12.7. The fourth-order valence-corrected chi connectivity index (χ4v) is 5.82. The average Bonchev–Trinajstić information content (AvgIpc) is 3.18. The van der Waals surface area contributed by atoms with Crippen molar-refractivity contribution >= 4 is 17.9 Å². The molecule has 55 heavy (non-hydrogen) atoms. The Bertz CT molecular complexity index is 1070. The first kappa shape index (κ1) is 51.9. The van der Waals surface area contributed by atoms with Crippen LogP contribution in [0.1, 0.15) is 201 Å². The van der Waals surface area contributed by atoms with Gasteiger partial charge in [-0.1, -0.05) is 171 Å². The van der Waals surface area contributed by atoms with Gasteiger partial charge in [-0.25, -0.2) is 0 Å². The number of carbonyl (C=O) groups excluding carboxylic acids is 3. The first-order chi connectivity index (χ1) is 27.0. The van der Waals surface area contributed by atoms with Crippen molar-refractivity contribution in [2.24, 2.45) is 0 Å². The predicted octanol–water partition coefficient (Wildman–Crippen LogP) is 14.3. The Hall–Kier alpha value is -3.15. The van der Waals surface area contributed by atoms with E-state index in [0.717, 1.165) is 109 Å². The minimum Gasteiger partial charge on any atom is -0.462 e. The van der Waals surface area contributed by atoms with Gasteiger partial charge < -0.3 is 14.2 Å². The number of hydrogen-bond donors (Lipinski definition) is 0. The van der Waals surface area contributed by atoms with Crippen molar-refractivity contribution in [1.82, 2.24) is 0 Å². The standard InChI is InChI=1S/C49H82O6/c1-4-7-10-13-16-19-22-24-27-30-33-36-39-42-48(51)54-45-46(44-53-47(50)41-38-35-32-29-26-21-18-15-12-9-6-3)55-49(52)43-40-37-34-31-28-25-23-20-17-14-11-8-5-2/h7,10,13,15-16,18-19,21-22,25-26,28,46H,4-6,8-9,11-12,14,17,20,23-24,27,29-45H2,1-3H3/b10-7-,16-13-,18-15-,22-19-,26-21-,28-25-. The zero-order chi connectivity index (χ0) is 40.1. The summed E-state index contributed by atoms with van der Waals surface area (Å²) < 4.78 is 16.6. The summed E-state index contributed by atoms with van der Waals surface area (Å²) in [6, 6.07) is 0. The van der Waals surface area contributed by atoms with Gasteiger partial charge in [0, 0.05) is 19.3 Å². The molecule has 0 amide bonds. The number of allylic oxidation sites excluding steroid dienone is 12. The van der Waals surface area contributed by atoms with E-state index < -0.39 is 6.10 Å². The van der Waals surface area contributed by atoms with Gasteiger partial charge in [-0.3, -0.25) is 14.4 Å². The molecule has 0 rings (SSSR count). The van der Waals surface area contributed by atoms with Crippen molar-refractivity contribution in [1.29, 1.82) is 0 Å². The number of rotatable bonds is 39. The predicted molar refractivity (Wildman–Crippen MR) is 233 cm³/mol. The average molecular weight is 767 g/mol. The lowest BCUT2D eigenvalue weighted by molar-refractivity contribution is -0.167. The van der Waals surface area contributed by atoms with E-state index in [4.69, 9.17) is 14.2 Å². The highest BCUT2D eigenvalue weighted by Gasteiger charge is 2.19. The molecule has 0 radical (unpaired) electrons. The Morgan fingerprint density at radius 2 is 0.745 bits per heavy atom. The lowest BCUT2D eigenvalue weighted by atomic mass is 10.1. The van der Waals surface area contributed by atoms with Crippen LogP contribution in [0.25, 0.3) is 0 Å². The van der Waals surface area contributed by atoms with Crippen LogP contribution in [0, 0.1) is 0 Å². The molecule has 0 aliphatic heterocycles. The van der Waals surface area contributed by atoms with Crippen molar-refractivity contribution in [3.63, 3.8) is 0 Å². The second kappa shape index (κ2) is 43.6. The van der Waals surface area contributed by atoms with Crippen LogP contribution in [0.3, 0.4) is 0 Å². The van der Waals surface area contributed by atoms with Gasteiger partial charge in [-0.2, -0.15) is 0 Å². The molecule has 0 saturated carbocycles. The minimum absolute atomic E-state index is 0.102. The van der Waals surface area contributed by atoms with Crippen LogP contribution < -0.4 is 0 Å². The van der Waals surface area contributed by atoms with Crippen molar-refractivity contribution in [2.45, 2.75) is 207 Å². The molecule has 0 N–H and O–H groups in total. The van der Waals surface area contributed by atoms with E-state index in [0.29, 0.717) is 19.3 Å². The summed E-state index contributed by atoms with van der Waals surface area (Å²) in [5, 5.41) is 0. The van der Waals surface area contributed by atoms with E-state index in [9.17, 15) is 14.4 Å². The van der Waals surface area contributed by atoms with Crippen molar-refractivity contribution in [3.8, 4) is 0 Å². The van der Waals surface area contributed by atoms with Crippen LogP contribution in [0.4, 0.5) is 0 Å². The summed E-state index contributed by atoms with van der Waals surface area (Å²) in [5.41, 5.74) is 0. The van der Waals surface area contributed by atoms with Crippen molar-refractivity contribution in [3.05, 3.63) is 72.9 Å². The number of hydrogen-bond acceptors (Lipinski definition) is 6. The van der Waals surface area contributed by atoms with Gasteiger partial charge in [-0.05, 0) is 83.5 Å². The molecule has 0 fully saturated rings. The molecule has 0 spiro atoms. The van der Waals surface area contributed by atoms with Crippen molar-refractivity contribution in [2.75, 3.05) is 13.2 Å². The maximum atomic E-state index is 12.7. The van der Waals surface area contributed by atoms with Gasteiger partial charge in [-0.15, -0.1) is 0 Å². The number of ether oxygens (including phenoxy) is 3. The minimum atomic E-state index is -0.800. The van der Waals surface area contributed by atoms with Crippen LogP contribution in [0.2, 0.25) is 0 Å². The number of unbranched alkanes of at least 4 members (excludes halogenated alkanes) is 19. The summed E-state index contributed by atoms with van der Waals surface area (Å²) in [6.07, 6.45) is 53.1. The molecule has 1 unspecified atom stereocenters. The Labute approximate surface area is 338 Å². The molecule has 1 atom stereocenters. The zero-order valence-electron chi connectivity index (χ0n) is 35.7. The number of esters is 3. The smallest absolute Gasteiger partial charge is 0.306 e. The van der Waals surface area contributed by atoms with Crippen molar-refractivity contribution < 1.29 is 28.6 Å². The van der Waals surface area contributed by atoms with Crippen LogP contribution in [0.15, 0.2) is 72.9 Å². The van der Waals surface area contributed by atoms with Gasteiger partial charge in [0.05, 0.1) is 0 Å². The Balaban J connectivity index is 4.48. The fraction of sp³-hybridized carbons (Fsp3) is 0.694. The van der Waals surface area contributed by atoms with Gasteiger partial charge in [0.2, 0.25) is 0 Å². The molecule has 0 saturated heterocycles. The fourth-order valence-electron chi connectivity index (χ4n) is 5.82. The topological polar surface area (TPSA) is 78.9 Å². The summed E-state index contributed by atoms with van der Waals surface area (Å²) in [6.45, 7) is 6.36. The van der Waals surface area contributed by atoms with Gasteiger partial charge >= 0.3 is 17.9 Å². The Morgan fingerprint density at radius 1 is 0.382 bits per heavy atom. The first-order valence-electron chi connectivity index (χ1n) is 22.5. The molecule has 0 aromatic heterocycles. The molecular weight excluding hydrogens is 685 g/mol. The van der Waals surface area contributed by atoms with Gasteiger partial charge in [0.25, 0.3) is 0 Å². The highest BCUT2D eigenvalue weighted by Crippen LogP contribution is 2.12. The largest absolute Gasteiger partial charge is 0.462 e. The van der Waals surface area contributed by atoms with E-state index in [1.807, 2.05) is 0 Å². The summed E-state index contributed by atoms with van der Waals surface area (Å²) in [7, 11) is 0. The van der Waals surface area contributed by atoms with Gasteiger partial charge in [0.15, 0.2) is 6.10 Å². The van der Waals surface area contributed by atoms with Crippen LogP contribution in [0.5, 0.6) is 0 Å². The monoisotopic (exact) mass is 767 g/mol. The highest BCUT2D eigenvalue weighted by molar-refractivity contribution is 5.71. The summed E-state index contributed by atoms with van der Waals surface area (Å²) in [4.78, 5) is 37.7. The molecule has 0 aliphatic rings. The van der Waals surface area contributed by atoms with E-state index in [1.165, 1.54) is 51.4 Å². The third kappa shape index (κ3) is 41.8. The van der Waals surface area contributed by atoms with E-state index >= 15 is 0 Å². The Morgan fingerprint density at radius 3 is 1.24 bits per heavy atom. The molecule has 0 aromatic carbocycles. The summed E-state index contributed by atoms with van der Waals surface area (Å²) in [5.74, 6) is -0.972. The first-order valence-corrected chi connectivity index (χ1v) is 22.5. The van der Waals surface area contributed by atoms with Crippen LogP contribution in [-0.2, 0) is 28.6 Å². The molecule has 0 aromatic rings. The van der Waals surface area contributed by atoms with E-state index in [-0.39, 0.29) is 31.1 Å². The van der Waals surface area contributed by atoms with Gasteiger partial charge in [0.1, 0.15) is 13.2 Å². The lowest BCUT2D eigenvalue weighted by Crippen LogP contribution is -2.30. The highest BCUT2D eigenvalue weighted by atomic mass is 16.6. The molecule has 0 heterocycles. The molecular formula is C49H82O6. The SMILES string of the molecule is CC\C=C/C=C\C=C/CCCCCCCC(=O)OCC(COC(=O)CCCCC/C=C\C=C/CCCC)OC(=O)CCCCC/C=C\CCCCCCCC. The maximum absolute atomic E-state index is 12.7. The third-order valence-corrected chi connectivity index (χ3v) is 9.25. The number of carbonyl (C=O) groups is 3. The second-order valence-corrected chi connectivity index (χ2v) is 14.7. The Kier molecular flexibility index (Phi) is 41.1. The molecule has 0 aliphatic carbocycles. The second-order valence-electron chi connectivity index (χ2n) is 14.7. The molecule has 6 heteroatoms. The van der Waals surface area contributed by atoms with Crippen LogP contribution >= 0.6 is 0 Å². The van der Waals surface area contributed by atoms with Crippen LogP contribution in [-0.4, -0.2) is 37.2 Å². The quantitative estimate of drug-likeness (QED) is 0.0204. The molecule has 0 bridgehead atoms. The maximum Gasteiger partial charge on any atom is 0.306 e. The van der Waals surface area contributed by atoms with E-state index in [1.54, 1.807) is 0 Å². The van der Waals surface area contributed by atoms with E-state index in [2.05, 4.69) is 93.7 Å². The third-order valence-electron chi connectivity index (χ3n) is 9.25. The zero-order valence-corrected chi connectivity index (χ0v) is 35.7. The summed E-state index contributed by atoms with van der Waals surface area (Å²) >= 11 is 0.